The lowest BCUT2D eigenvalue weighted by Crippen LogP contribution is -2.19. The van der Waals surface area contributed by atoms with E-state index in [0.29, 0.717) is 17.8 Å². The second-order valence-corrected chi connectivity index (χ2v) is 5.24. The number of aromatic carboxylic acids is 1. The van der Waals surface area contributed by atoms with Crippen LogP contribution in [0.1, 0.15) is 34.3 Å². The summed E-state index contributed by atoms with van der Waals surface area (Å²) in [4.78, 5) is 29.3. The number of benzene rings is 1. The second kappa shape index (κ2) is 7.44. The van der Waals surface area contributed by atoms with Gasteiger partial charge < -0.3 is 16.2 Å². The van der Waals surface area contributed by atoms with Crippen LogP contribution in [0.5, 0.6) is 0 Å². The highest BCUT2D eigenvalue weighted by molar-refractivity contribution is 5.87. The number of carboxylic acids is 1. The third kappa shape index (κ3) is 4.32. The van der Waals surface area contributed by atoms with E-state index in [1.807, 2.05) is 12.1 Å². The summed E-state index contributed by atoms with van der Waals surface area (Å²) in [6.45, 7) is 0. The van der Waals surface area contributed by atoms with E-state index in [2.05, 4.69) is 15.3 Å². The van der Waals surface area contributed by atoms with E-state index in [9.17, 15) is 9.59 Å². The van der Waals surface area contributed by atoms with E-state index in [4.69, 9.17) is 10.8 Å². The van der Waals surface area contributed by atoms with Gasteiger partial charge in [-0.1, -0.05) is 12.1 Å². The molecule has 1 aromatic carbocycles. The second-order valence-electron chi connectivity index (χ2n) is 5.24. The molecule has 7 nitrogen and oxygen atoms in total. The lowest BCUT2D eigenvalue weighted by Gasteiger charge is -2.08. The van der Waals surface area contributed by atoms with Crippen molar-refractivity contribution in [3.8, 4) is 0 Å². The van der Waals surface area contributed by atoms with E-state index in [0.717, 1.165) is 24.8 Å². The zero-order chi connectivity index (χ0) is 16.8. The fourth-order valence-electron chi connectivity index (χ4n) is 2.40. The third-order valence-electron chi connectivity index (χ3n) is 3.61. The molecule has 2 rings (SSSR count). The van der Waals surface area contributed by atoms with Gasteiger partial charge in [-0.2, -0.15) is 4.98 Å². The molecule has 0 amide bonds. The number of H-pyrrole nitrogens is 1. The Morgan fingerprint density at radius 3 is 2.52 bits per heavy atom. The van der Waals surface area contributed by atoms with Gasteiger partial charge >= 0.3 is 5.97 Å². The maximum Gasteiger partial charge on any atom is 0.335 e. The molecule has 0 aliphatic heterocycles. The summed E-state index contributed by atoms with van der Waals surface area (Å²) in [6.07, 6.45) is 3.14. The molecule has 7 heteroatoms. The minimum atomic E-state index is -0.925. The number of anilines is 2. The zero-order valence-electron chi connectivity index (χ0n) is 12.9. The number of rotatable bonds is 7. The molecule has 23 heavy (non-hydrogen) atoms. The van der Waals surface area contributed by atoms with Crippen LogP contribution in [-0.4, -0.2) is 28.1 Å². The van der Waals surface area contributed by atoms with Crippen LogP contribution in [0.2, 0.25) is 0 Å². The Bertz CT molecular complexity index is 738. The summed E-state index contributed by atoms with van der Waals surface area (Å²) < 4.78 is 0. The number of nitrogens with zero attached hydrogens (tertiary/aromatic N) is 1. The highest BCUT2D eigenvalue weighted by atomic mass is 16.4. The molecule has 0 spiro atoms. The number of hydrogen-bond donors (Lipinski definition) is 4. The van der Waals surface area contributed by atoms with Gasteiger partial charge in [0.1, 0.15) is 5.82 Å². The smallest absolute Gasteiger partial charge is 0.335 e. The lowest BCUT2D eigenvalue weighted by molar-refractivity contribution is 0.0697. The molecule has 0 unspecified atom stereocenters. The van der Waals surface area contributed by atoms with Crippen LogP contribution in [0.25, 0.3) is 0 Å². The normalized spacial score (nSPS) is 10.5. The molecule has 122 valence electrons. The summed E-state index contributed by atoms with van der Waals surface area (Å²) in [6, 6.07) is 6.84. The molecule has 0 atom stereocenters. The molecule has 0 saturated carbocycles. The Kier molecular flexibility index (Phi) is 5.35. The highest BCUT2D eigenvalue weighted by Crippen LogP contribution is 2.13. The van der Waals surface area contributed by atoms with Crippen molar-refractivity contribution in [3.63, 3.8) is 0 Å². The highest BCUT2D eigenvalue weighted by Gasteiger charge is 2.09. The number of aromatic nitrogens is 2. The molecular formula is C16H20N4O3. The minimum absolute atomic E-state index is 0.0987. The quantitative estimate of drug-likeness (QED) is 0.576. The van der Waals surface area contributed by atoms with E-state index in [-0.39, 0.29) is 17.1 Å². The average molecular weight is 316 g/mol. The molecular weight excluding hydrogens is 296 g/mol. The number of aromatic amines is 1. The van der Waals surface area contributed by atoms with Crippen LogP contribution in [0.4, 0.5) is 11.8 Å². The number of nitrogen functional groups attached to an aromatic ring is 1. The lowest BCUT2D eigenvalue weighted by atomic mass is 10.0. The molecule has 0 radical (unpaired) electrons. The summed E-state index contributed by atoms with van der Waals surface area (Å²) in [7, 11) is 1.70. The topological polar surface area (TPSA) is 121 Å². The van der Waals surface area contributed by atoms with Crippen LogP contribution in [0.15, 0.2) is 29.1 Å². The molecule has 5 N–H and O–H groups in total. The van der Waals surface area contributed by atoms with Crippen molar-refractivity contribution in [2.45, 2.75) is 25.7 Å². The molecule has 0 bridgehead atoms. The summed E-state index contributed by atoms with van der Waals surface area (Å²) in [5.41, 5.74) is 7.27. The van der Waals surface area contributed by atoms with Gasteiger partial charge in [-0.25, -0.2) is 4.79 Å². The molecule has 1 aromatic heterocycles. The number of aryl methyl sites for hydroxylation is 1. The number of nitrogens with one attached hydrogen (secondary N) is 2. The Balaban J connectivity index is 1.91. The first-order valence-corrected chi connectivity index (χ1v) is 7.40. The fraction of sp³-hybridized carbons (Fsp3) is 0.312. The van der Waals surface area contributed by atoms with Gasteiger partial charge in [0.15, 0.2) is 0 Å². The van der Waals surface area contributed by atoms with Crippen molar-refractivity contribution in [1.29, 1.82) is 0 Å². The van der Waals surface area contributed by atoms with Crippen molar-refractivity contribution in [2.75, 3.05) is 18.1 Å². The van der Waals surface area contributed by atoms with E-state index in [1.54, 1.807) is 19.2 Å². The van der Waals surface area contributed by atoms with Crippen LogP contribution >= 0.6 is 0 Å². The maximum absolute atomic E-state index is 11.9. The standard InChI is InChI=1S/C16H20N4O3/c1-18-13-12(14(21)20-16(17)19-13)5-3-2-4-10-6-8-11(9-7-10)15(22)23/h6-9H,2-5H2,1H3,(H,22,23)(H4,17,18,19,20,21). The molecule has 0 aliphatic carbocycles. The van der Waals surface area contributed by atoms with E-state index < -0.39 is 5.97 Å². The van der Waals surface area contributed by atoms with E-state index >= 15 is 0 Å². The van der Waals surface area contributed by atoms with Crippen molar-refractivity contribution >= 4 is 17.7 Å². The van der Waals surface area contributed by atoms with Crippen LogP contribution in [0, 0.1) is 0 Å². The van der Waals surface area contributed by atoms with Gasteiger partial charge in [-0.05, 0) is 43.4 Å². The number of nitrogens with two attached hydrogens (primary N) is 1. The summed E-state index contributed by atoms with van der Waals surface area (Å²) in [5.74, 6) is -0.315. The first kappa shape index (κ1) is 16.5. The SMILES string of the molecule is CNc1nc(N)[nH]c(=O)c1CCCCc1ccc(C(=O)O)cc1. The molecule has 0 fully saturated rings. The van der Waals surface area contributed by atoms with Gasteiger partial charge in [0.05, 0.1) is 11.1 Å². The predicted molar refractivity (Wildman–Crippen MR) is 88.9 cm³/mol. The van der Waals surface area contributed by atoms with Crippen LogP contribution in [0.3, 0.4) is 0 Å². The van der Waals surface area contributed by atoms with Gasteiger partial charge in [0.25, 0.3) is 5.56 Å². The van der Waals surface area contributed by atoms with E-state index in [1.165, 1.54) is 0 Å². The van der Waals surface area contributed by atoms with Gasteiger partial charge in [0, 0.05) is 7.05 Å². The first-order chi connectivity index (χ1) is 11.0. The Morgan fingerprint density at radius 2 is 1.91 bits per heavy atom. The molecule has 0 aliphatic rings. The summed E-state index contributed by atoms with van der Waals surface area (Å²) >= 11 is 0. The van der Waals surface area contributed by atoms with Crippen LogP contribution < -0.4 is 16.6 Å². The van der Waals surface area contributed by atoms with Gasteiger partial charge in [-0.15, -0.1) is 0 Å². The Labute approximate surface area is 133 Å². The Morgan fingerprint density at radius 1 is 1.26 bits per heavy atom. The van der Waals surface area contributed by atoms with Crippen LogP contribution in [-0.2, 0) is 12.8 Å². The monoisotopic (exact) mass is 316 g/mol. The van der Waals surface area contributed by atoms with Crippen molar-refractivity contribution in [3.05, 3.63) is 51.3 Å². The van der Waals surface area contributed by atoms with Crippen molar-refractivity contribution < 1.29 is 9.90 Å². The Hall–Kier alpha value is -2.83. The third-order valence-corrected chi connectivity index (χ3v) is 3.61. The number of hydrogen-bond acceptors (Lipinski definition) is 5. The van der Waals surface area contributed by atoms with Crippen molar-refractivity contribution in [1.82, 2.24) is 9.97 Å². The molecule has 0 saturated heterocycles. The number of carboxylic acid groups (broad SMARTS) is 1. The predicted octanol–water partition coefficient (Wildman–Crippen LogP) is 1.66. The molecule has 2 aromatic rings. The average Bonchev–Trinajstić information content (AvgIpc) is 2.53. The fourth-order valence-corrected chi connectivity index (χ4v) is 2.40. The van der Waals surface area contributed by atoms with Crippen molar-refractivity contribution in [2.24, 2.45) is 0 Å². The largest absolute Gasteiger partial charge is 0.478 e. The number of unbranched alkanes of at least 4 members (excludes halogenated alkanes) is 1. The first-order valence-electron chi connectivity index (χ1n) is 7.40. The number of carbonyl (C=O) groups is 1. The summed E-state index contributed by atoms with van der Waals surface area (Å²) in [5, 5.41) is 11.7. The molecule has 1 heterocycles. The zero-order valence-corrected chi connectivity index (χ0v) is 12.9. The maximum atomic E-state index is 11.9. The van der Waals surface area contributed by atoms with Gasteiger partial charge in [0.2, 0.25) is 5.95 Å². The van der Waals surface area contributed by atoms with Gasteiger partial charge in [-0.3, -0.25) is 9.78 Å². The minimum Gasteiger partial charge on any atom is -0.478 e.